The fourth-order valence-corrected chi connectivity index (χ4v) is 1.05. The molecular formula is C9H16. The minimum atomic E-state index is 0.762. The van der Waals surface area contributed by atoms with E-state index >= 15 is 0 Å². The fraction of sp³-hybridized carbons (Fsp3) is 0.778. The van der Waals surface area contributed by atoms with Gasteiger partial charge in [-0.25, -0.2) is 0 Å². The maximum absolute atomic E-state index is 3.94. The quantitative estimate of drug-likeness (QED) is 0.507. The molecule has 0 heterocycles. The Morgan fingerprint density at radius 1 is 1.67 bits per heavy atom. The number of hydrogen-bond donors (Lipinski definition) is 0. The van der Waals surface area contributed by atoms with Gasteiger partial charge in [-0.2, -0.15) is 0 Å². The summed E-state index contributed by atoms with van der Waals surface area (Å²) in [5.41, 5.74) is 1.35. The van der Waals surface area contributed by atoms with Gasteiger partial charge in [-0.3, -0.25) is 0 Å². The van der Waals surface area contributed by atoms with Gasteiger partial charge >= 0.3 is 0 Å². The highest BCUT2D eigenvalue weighted by Gasteiger charge is 2.23. The lowest BCUT2D eigenvalue weighted by molar-refractivity contribution is 0.565. The van der Waals surface area contributed by atoms with E-state index in [9.17, 15) is 0 Å². The smallest absolute Gasteiger partial charge is 0.0234 e. The number of rotatable bonds is 3. The Kier molecular flexibility index (Phi) is 1.94. The molecule has 0 bridgehead atoms. The molecule has 1 aliphatic carbocycles. The van der Waals surface area contributed by atoms with Crippen molar-refractivity contribution in [2.45, 2.75) is 33.1 Å². The van der Waals surface area contributed by atoms with Crippen molar-refractivity contribution in [1.29, 1.82) is 0 Å². The predicted molar refractivity (Wildman–Crippen MR) is 41.3 cm³/mol. The lowest BCUT2D eigenvalue weighted by Gasteiger charge is -2.08. The number of allylic oxidation sites excluding steroid dienone is 1. The second-order valence-electron chi connectivity index (χ2n) is 3.43. The summed E-state index contributed by atoms with van der Waals surface area (Å²) in [7, 11) is 0. The zero-order valence-corrected chi connectivity index (χ0v) is 6.48. The first-order valence-electron chi connectivity index (χ1n) is 3.85. The summed E-state index contributed by atoms with van der Waals surface area (Å²) in [5.74, 6) is 1.81. The first-order valence-corrected chi connectivity index (χ1v) is 3.85. The van der Waals surface area contributed by atoms with Crippen LogP contribution in [0, 0.1) is 11.8 Å². The highest BCUT2D eigenvalue weighted by atomic mass is 14.3. The monoisotopic (exact) mass is 124 g/mol. The zero-order valence-electron chi connectivity index (χ0n) is 6.48. The highest BCUT2D eigenvalue weighted by molar-refractivity contribution is 4.95. The molecule has 0 nitrogen and oxygen atoms in total. The van der Waals surface area contributed by atoms with Gasteiger partial charge in [0.2, 0.25) is 0 Å². The van der Waals surface area contributed by atoms with Crippen molar-refractivity contribution in [3.8, 4) is 0 Å². The van der Waals surface area contributed by atoms with Gasteiger partial charge in [0.1, 0.15) is 0 Å². The largest absolute Gasteiger partial charge is 0.0999 e. The summed E-state index contributed by atoms with van der Waals surface area (Å²) >= 11 is 0. The molecule has 0 saturated heterocycles. The molecule has 0 aromatic rings. The predicted octanol–water partition coefficient (Wildman–Crippen LogP) is 3.00. The maximum atomic E-state index is 3.94. The van der Waals surface area contributed by atoms with E-state index in [0.717, 1.165) is 11.8 Å². The van der Waals surface area contributed by atoms with Gasteiger partial charge in [-0.15, -0.1) is 0 Å². The lowest BCUT2D eigenvalue weighted by Crippen LogP contribution is -1.95. The van der Waals surface area contributed by atoms with Crippen molar-refractivity contribution >= 4 is 0 Å². The SMILES string of the molecule is C=C(C)C(C)CC1CC1. The summed E-state index contributed by atoms with van der Waals surface area (Å²) in [4.78, 5) is 0. The van der Waals surface area contributed by atoms with Crippen LogP contribution >= 0.6 is 0 Å². The third-order valence-corrected chi connectivity index (χ3v) is 2.23. The van der Waals surface area contributed by atoms with Crippen molar-refractivity contribution in [3.63, 3.8) is 0 Å². The molecule has 1 aliphatic rings. The van der Waals surface area contributed by atoms with E-state index < -0.39 is 0 Å². The molecule has 0 aromatic carbocycles. The maximum Gasteiger partial charge on any atom is -0.0234 e. The van der Waals surface area contributed by atoms with Crippen molar-refractivity contribution in [2.24, 2.45) is 11.8 Å². The van der Waals surface area contributed by atoms with Crippen molar-refractivity contribution < 1.29 is 0 Å². The standard InChI is InChI=1S/C9H16/c1-7(2)8(3)6-9-4-5-9/h8-9H,1,4-6H2,2-3H3. The molecule has 1 unspecified atom stereocenters. The van der Waals surface area contributed by atoms with Gasteiger partial charge in [0.05, 0.1) is 0 Å². The Balaban J connectivity index is 2.16. The average Bonchev–Trinajstić information content (AvgIpc) is 2.50. The summed E-state index contributed by atoms with van der Waals surface area (Å²) in [5, 5.41) is 0. The Labute approximate surface area is 58.0 Å². The van der Waals surface area contributed by atoms with Gasteiger partial charge in [0.25, 0.3) is 0 Å². The van der Waals surface area contributed by atoms with E-state index in [2.05, 4.69) is 20.4 Å². The van der Waals surface area contributed by atoms with Gasteiger partial charge < -0.3 is 0 Å². The van der Waals surface area contributed by atoms with Gasteiger partial charge in [-0.1, -0.05) is 31.9 Å². The summed E-state index contributed by atoms with van der Waals surface area (Å²) < 4.78 is 0. The van der Waals surface area contributed by atoms with Crippen LogP contribution in [0.15, 0.2) is 12.2 Å². The molecule has 0 spiro atoms. The van der Waals surface area contributed by atoms with E-state index in [4.69, 9.17) is 0 Å². The summed E-state index contributed by atoms with van der Waals surface area (Å²) in [6.07, 6.45) is 4.32. The lowest BCUT2D eigenvalue weighted by atomic mass is 9.98. The van der Waals surface area contributed by atoms with Crippen LogP contribution in [-0.2, 0) is 0 Å². The van der Waals surface area contributed by atoms with Crippen LogP contribution in [0.25, 0.3) is 0 Å². The molecule has 0 radical (unpaired) electrons. The van der Waals surface area contributed by atoms with E-state index in [0.29, 0.717) is 0 Å². The Morgan fingerprint density at radius 3 is 2.56 bits per heavy atom. The van der Waals surface area contributed by atoms with Crippen LogP contribution in [0.1, 0.15) is 33.1 Å². The molecule has 0 heteroatoms. The van der Waals surface area contributed by atoms with Crippen LogP contribution in [0.4, 0.5) is 0 Å². The molecule has 9 heavy (non-hydrogen) atoms. The van der Waals surface area contributed by atoms with Gasteiger partial charge in [0, 0.05) is 0 Å². The van der Waals surface area contributed by atoms with Gasteiger partial charge in [0.15, 0.2) is 0 Å². The van der Waals surface area contributed by atoms with Crippen LogP contribution in [0.2, 0.25) is 0 Å². The van der Waals surface area contributed by atoms with E-state index in [1.54, 1.807) is 0 Å². The molecule has 0 amide bonds. The molecule has 1 rings (SSSR count). The molecule has 0 N–H and O–H groups in total. The molecule has 52 valence electrons. The molecule has 0 aliphatic heterocycles. The van der Waals surface area contributed by atoms with Crippen LogP contribution in [0.3, 0.4) is 0 Å². The Morgan fingerprint density at radius 2 is 2.22 bits per heavy atom. The zero-order chi connectivity index (χ0) is 6.85. The summed E-state index contributed by atoms with van der Waals surface area (Å²) in [6.45, 7) is 8.35. The van der Waals surface area contributed by atoms with E-state index in [-0.39, 0.29) is 0 Å². The second kappa shape index (κ2) is 2.55. The van der Waals surface area contributed by atoms with Crippen molar-refractivity contribution in [2.75, 3.05) is 0 Å². The average molecular weight is 124 g/mol. The number of hydrogen-bond acceptors (Lipinski definition) is 0. The van der Waals surface area contributed by atoms with Crippen LogP contribution < -0.4 is 0 Å². The second-order valence-corrected chi connectivity index (χ2v) is 3.43. The van der Waals surface area contributed by atoms with Crippen LogP contribution in [0.5, 0.6) is 0 Å². The molecule has 1 atom stereocenters. The fourth-order valence-electron chi connectivity index (χ4n) is 1.05. The Bertz CT molecular complexity index is 109. The minimum Gasteiger partial charge on any atom is -0.0999 e. The van der Waals surface area contributed by atoms with E-state index in [1.165, 1.54) is 24.8 Å². The first kappa shape index (κ1) is 6.85. The molecule has 1 saturated carbocycles. The van der Waals surface area contributed by atoms with Crippen molar-refractivity contribution in [3.05, 3.63) is 12.2 Å². The topological polar surface area (TPSA) is 0 Å². The first-order chi connectivity index (χ1) is 4.20. The minimum absolute atomic E-state index is 0.762. The third-order valence-electron chi connectivity index (χ3n) is 2.23. The van der Waals surface area contributed by atoms with Crippen molar-refractivity contribution in [1.82, 2.24) is 0 Å². The summed E-state index contributed by atoms with van der Waals surface area (Å²) in [6, 6.07) is 0. The Hall–Kier alpha value is -0.260. The molecule has 0 aromatic heterocycles. The van der Waals surface area contributed by atoms with E-state index in [1.807, 2.05) is 0 Å². The molecule has 1 fully saturated rings. The normalized spacial score (nSPS) is 21.6. The third kappa shape index (κ3) is 2.21. The highest BCUT2D eigenvalue weighted by Crippen LogP contribution is 2.36. The molecular weight excluding hydrogens is 108 g/mol. The van der Waals surface area contributed by atoms with Gasteiger partial charge in [-0.05, 0) is 25.2 Å². The van der Waals surface area contributed by atoms with Crippen LogP contribution in [-0.4, -0.2) is 0 Å².